The van der Waals surface area contributed by atoms with Crippen LogP contribution in [0.5, 0.6) is 0 Å². The summed E-state index contributed by atoms with van der Waals surface area (Å²) in [5.74, 6) is 2.19. The van der Waals surface area contributed by atoms with Gasteiger partial charge in [0.1, 0.15) is 0 Å². The topological polar surface area (TPSA) is 29.5 Å². The first-order valence-corrected chi connectivity index (χ1v) is 6.65. The van der Waals surface area contributed by atoms with E-state index in [4.69, 9.17) is 0 Å². The summed E-state index contributed by atoms with van der Waals surface area (Å²) >= 11 is 1.94. The lowest BCUT2D eigenvalue weighted by Gasteiger charge is -2.24. The van der Waals surface area contributed by atoms with Crippen molar-refractivity contribution in [1.29, 1.82) is 0 Å². The Hall–Kier alpha value is -0.220. The molecule has 0 spiro atoms. The van der Waals surface area contributed by atoms with E-state index in [9.17, 15) is 4.79 Å². The molecule has 0 saturated carbocycles. The molecule has 0 aromatic heterocycles. The summed E-state index contributed by atoms with van der Waals surface area (Å²) in [5.41, 5.74) is 0. The maximum atomic E-state index is 11.1. The second-order valence-electron chi connectivity index (χ2n) is 3.69. The molecule has 15 heavy (non-hydrogen) atoms. The van der Waals surface area contributed by atoms with Crippen molar-refractivity contribution in [2.24, 2.45) is 0 Å². The van der Waals surface area contributed by atoms with Gasteiger partial charge in [-0.25, -0.2) is 0 Å². The highest BCUT2D eigenvalue weighted by Gasteiger charge is 2.13. The van der Waals surface area contributed by atoms with Crippen LogP contribution < -0.4 is 0 Å². The van der Waals surface area contributed by atoms with Crippen molar-refractivity contribution in [3.8, 4) is 0 Å². The fourth-order valence-corrected chi connectivity index (χ4v) is 1.89. The molecule has 0 radical (unpaired) electrons. The van der Waals surface area contributed by atoms with E-state index in [0.717, 1.165) is 13.0 Å². The lowest BCUT2D eigenvalue weighted by molar-refractivity contribution is -0.142. The average Bonchev–Trinajstić information content (AvgIpc) is 2.21. The third kappa shape index (κ3) is 7.68. The second kappa shape index (κ2) is 9.04. The number of esters is 1. The van der Waals surface area contributed by atoms with E-state index in [2.05, 4.69) is 30.4 Å². The maximum absolute atomic E-state index is 11.1. The molecule has 0 atom stereocenters. The minimum absolute atomic E-state index is 0.146. The molecule has 0 saturated heterocycles. The second-order valence-corrected chi connectivity index (χ2v) is 5.08. The molecular weight excluding hydrogens is 210 g/mol. The Morgan fingerprint density at radius 2 is 2.13 bits per heavy atom. The Bertz CT molecular complexity index is 174. The van der Waals surface area contributed by atoms with Crippen LogP contribution in [0.25, 0.3) is 0 Å². The third-order valence-corrected chi connectivity index (χ3v) is 3.21. The Labute approximate surface area is 97.5 Å². The first kappa shape index (κ1) is 14.8. The van der Waals surface area contributed by atoms with Gasteiger partial charge in [-0.2, -0.15) is 11.8 Å². The summed E-state index contributed by atoms with van der Waals surface area (Å²) in [5, 5.41) is 0. The highest BCUT2D eigenvalue weighted by atomic mass is 32.2. The lowest BCUT2D eigenvalue weighted by atomic mass is 10.3. The van der Waals surface area contributed by atoms with Crippen LogP contribution in [0.2, 0.25) is 0 Å². The van der Waals surface area contributed by atoms with Gasteiger partial charge in [-0.1, -0.05) is 6.92 Å². The Kier molecular flexibility index (Phi) is 8.91. The van der Waals surface area contributed by atoms with Gasteiger partial charge in [-0.3, -0.25) is 9.69 Å². The third-order valence-electron chi connectivity index (χ3n) is 2.23. The molecule has 0 aromatic carbocycles. The van der Waals surface area contributed by atoms with Crippen molar-refractivity contribution >= 4 is 17.7 Å². The quantitative estimate of drug-likeness (QED) is 0.474. The molecule has 0 aliphatic rings. The van der Waals surface area contributed by atoms with Crippen LogP contribution in [0, 0.1) is 0 Å². The van der Waals surface area contributed by atoms with Crippen LogP contribution in [-0.2, 0) is 9.53 Å². The number of nitrogens with zero attached hydrogens (tertiary/aromatic N) is 1. The summed E-state index contributed by atoms with van der Waals surface area (Å²) < 4.78 is 4.67. The zero-order chi connectivity index (χ0) is 11.7. The summed E-state index contributed by atoms with van der Waals surface area (Å²) in [6.07, 6.45) is 1.13. The van der Waals surface area contributed by atoms with E-state index in [0.29, 0.717) is 12.6 Å². The first-order chi connectivity index (χ1) is 7.11. The van der Waals surface area contributed by atoms with Crippen molar-refractivity contribution in [1.82, 2.24) is 4.90 Å². The van der Waals surface area contributed by atoms with E-state index in [1.165, 1.54) is 18.6 Å². The van der Waals surface area contributed by atoms with Gasteiger partial charge in [0.15, 0.2) is 0 Å². The van der Waals surface area contributed by atoms with E-state index >= 15 is 0 Å². The number of hydrogen-bond donors (Lipinski definition) is 0. The van der Waals surface area contributed by atoms with Crippen molar-refractivity contribution < 1.29 is 9.53 Å². The fourth-order valence-electron chi connectivity index (χ4n) is 1.26. The molecule has 0 aliphatic carbocycles. The number of carbonyl (C=O) groups excluding carboxylic acids is 1. The molecule has 0 aliphatic heterocycles. The molecule has 0 N–H and O–H groups in total. The van der Waals surface area contributed by atoms with Crippen LogP contribution in [0.1, 0.15) is 27.2 Å². The van der Waals surface area contributed by atoms with Crippen LogP contribution in [0.15, 0.2) is 0 Å². The van der Waals surface area contributed by atoms with Crippen LogP contribution >= 0.6 is 11.8 Å². The van der Waals surface area contributed by atoms with Crippen LogP contribution in [-0.4, -0.2) is 48.6 Å². The van der Waals surface area contributed by atoms with Gasteiger partial charge in [0, 0.05) is 6.04 Å². The van der Waals surface area contributed by atoms with Crippen molar-refractivity contribution in [2.45, 2.75) is 33.2 Å². The zero-order valence-electron chi connectivity index (χ0n) is 10.3. The monoisotopic (exact) mass is 233 g/mol. The number of methoxy groups -OCH3 is 1. The molecule has 0 unspecified atom stereocenters. The zero-order valence-corrected chi connectivity index (χ0v) is 11.1. The number of rotatable bonds is 8. The number of thioether (sulfide) groups is 1. The summed E-state index contributed by atoms with van der Waals surface area (Å²) in [4.78, 5) is 13.3. The van der Waals surface area contributed by atoms with Crippen molar-refractivity contribution in [3.63, 3.8) is 0 Å². The van der Waals surface area contributed by atoms with Crippen LogP contribution in [0.3, 0.4) is 0 Å². The van der Waals surface area contributed by atoms with Gasteiger partial charge >= 0.3 is 5.97 Å². The van der Waals surface area contributed by atoms with Gasteiger partial charge in [-0.15, -0.1) is 0 Å². The summed E-state index contributed by atoms with van der Waals surface area (Å²) in [7, 11) is 1.44. The SMILES string of the molecule is CCSCCCN(CC(=O)OC)C(C)C. The maximum Gasteiger partial charge on any atom is 0.319 e. The molecule has 3 nitrogen and oxygen atoms in total. The molecule has 0 amide bonds. The van der Waals surface area contributed by atoms with E-state index < -0.39 is 0 Å². The van der Waals surface area contributed by atoms with Gasteiger partial charge in [0.05, 0.1) is 13.7 Å². The molecule has 0 rings (SSSR count). The molecule has 90 valence electrons. The molecule has 0 bridgehead atoms. The number of ether oxygens (including phenoxy) is 1. The van der Waals surface area contributed by atoms with Gasteiger partial charge in [0.2, 0.25) is 0 Å². The largest absolute Gasteiger partial charge is 0.468 e. The van der Waals surface area contributed by atoms with Crippen molar-refractivity contribution in [3.05, 3.63) is 0 Å². The molecule has 4 heteroatoms. The Balaban J connectivity index is 3.78. The number of carbonyl (C=O) groups is 1. The minimum Gasteiger partial charge on any atom is -0.468 e. The predicted molar refractivity (Wildman–Crippen MR) is 66.3 cm³/mol. The molecule has 0 aromatic rings. The standard InChI is InChI=1S/C11H23NO2S/c1-5-15-8-6-7-12(10(2)3)9-11(13)14-4/h10H,5-9H2,1-4H3. The van der Waals surface area contributed by atoms with Crippen molar-refractivity contribution in [2.75, 3.05) is 31.7 Å². The summed E-state index contributed by atoms with van der Waals surface area (Å²) in [6, 6.07) is 0.399. The van der Waals surface area contributed by atoms with E-state index in [1.54, 1.807) is 0 Å². The highest BCUT2D eigenvalue weighted by molar-refractivity contribution is 7.99. The minimum atomic E-state index is -0.146. The average molecular weight is 233 g/mol. The number of hydrogen-bond acceptors (Lipinski definition) is 4. The Morgan fingerprint density at radius 3 is 2.60 bits per heavy atom. The molecule has 0 fully saturated rings. The summed E-state index contributed by atoms with van der Waals surface area (Å²) in [6.45, 7) is 7.76. The fraction of sp³-hybridized carbons (Fsp3) is 0.909. The predicted octanol–water partition coefficient (Wildman–Crippen LogP) is 2.01. The smallest absolute Gasteiger partial charge is 0.319 e. The van der Waals surface area contributed by atoms with Gasteiger partial charge in [-0.05, 0) is 38.3 Å². The normalized spacial score (nSPS) is 11.1. The van der Waals surface area contributed by atoms with Gasteiger partial charge < -0.3 is 4.74 Å². The van der Waals surface area contributed by atoms with Crippen LogP contribution in [0.4, 0.5) is 0 Å². The lowest BCUT2D eigenvalue weighted by Crippen LogP contribution is -2.37. The van der Waals surface area contributed by atoms with E-state index in [-0.39, 0.29) is 5.97 Å². The molecule has 0 heterocycles. The highest BCUT2D eigenvalue weighted by Crippen LogP contribution is 2.05. The molecular formula is C11H23NO2S. The first-order valence-electron chi connectivity index (χ1n) is 5.50. The van der Waals surface area contributed by atoms with E-state index in [1.807, 2.05) is 11.8 Å². The Morgan fingerprint density at radius 1 is 1.47 bits per heavy atom. The van der Waals surface area contributed by atoms with Gasteiger partial charge in [0.25, 0.3) is 0 Å².